The van der Waals surface area contributed by atoms with Gasteiger partial charge in [0, 0.05) is 17.0 Å². The minimum Gasteiger partial charge on any atom is -0.455 e. The molecule has 3 heteroatoms. The highest BCUT2D eigenvalue weighted by atomic mass is 28.3. The normalized spacial score (nSPS) is 12.9. The molecule has 5 aromatic rings. The molecule has 0 amide bonds. The maximum absolute atomic E-state index is 6.79. The zero-order valence-electron chi connectivity index (χ0n) is 20.6. The smallest absolute Gasteiger partial charge is 0.228 e. The van der Waals surface area contributed by atoms with Crippen molar-refractivity contribution < 1.29 is 9.30 Å². The summed E-state index contributed by atoms with van der Waals surface area (Å²) in [6, 6.07) is 18.3. The van der Waals surface area contributed by atoms with Crippen LogP contribution in [0.25, 0.3) is 43.6 Å². The van der Waals surface area contributed by atoms with Crippen LogP contribution < -0.4 is 14.5 Å². The second-order valence-corrected chi connectivity index (χ2v) is 15.8. The molecule has 1 aliphatic heterocycles. The molecule has 2 nitrogen and oxygen atoms in total. The maximum atomic E-state index is 6.79. The lowest BCUT2D eigenvalue weighted by Gasteiger charge is -2.25. The zero-order valence-corrected chi connectivity index (χ0v) is 21.6. The minimum atomic E-state index is -1.41. The number of benzene rings is 4. The van der Waals surface area contributed by atoms with Crippen molar-refractivity contribution in [3.05, 3.63) is 71.4 Å². The highest BCUT2D eigenvalue weighted by Crippen LogP contribution is 2.51. The van der Waals surface area contributed by atoms with E-state index < -0.39 is 8.07 Å². The number of rotatable bonds is 1. The van der Waals surface area contributed by atoms with E-state index in [2.05, 4.69) is 107 Å². The number of hydrogen-bond donors (Lipinski definition) is 0. The Kier molecular flexibility index (Phi) is 4.13. The first-order chi connectivity index (χ1) is 15.6. The Morgan fingerprint density at radius 2 is 1.52 bits per heavy atom. The minimum absolute atomic E-state index is 0.970. The summed E-state index contributed by atoms with van der Waals surface area (Å²) in [4.78, 5) is 0. The molecule has 1 aromatic heterocycles. The Hall–Kier alpha value is -3.17. The molecule has 0 saturated carbocycles. The largest absolute Gasteiger partial charge is 0.455 e. The SMILES string of the molecule is Cc1ccc2c(C)c3c(c(C)c2c1)-c1c2c(cc4cc([Si](C)(C)C)ccc4c2cc[n+]1C)O3. The molecule has 2 heterocycles. The summed E-state index contributed by atoms with van der Waals surface area (Å²) < 4.78 is 9.05. The standard InChI is InChI=1S/C30H30NOSi/c1-17-8-10-22-19(3)30-27(18(2)25(22)14-17)29-28-24(12-13-31(29)4)23-11-9-21(33(5,6)7)15-20(23)16-26(28)32-30/h8-16H,1-7H3/q+1. The fraction of sp³-hybridized carbons (Fsp3) is 0.233. The van der Waals surface area contributed by atoms with Crippen LogP contribution in [0.4, 0.5) is 0 Å². The van der Waals surface area contributed by atoms with Crippen molar-refractivity contribution in [3.8, 4) is 22.8 Å². The summed E-state index contributed by atoms with van der Waals surface area (Å²) in [6.07, 6.45) is 2.21. The third-order valence-electron chi connectivity index (χ3n) is 7.44. The molecular weight excluding hydrogens is 418 g/mol. The fourth-order valence-electron chi connectivity index (χ4n) is 5.54. The van der Waals surface area contributed by atoms with Crippen molar-refractivity contribution >= 4 is 45.6 Å². The molecule has 0 atom stereocenters. The average molecular weight is 449 g/mol. The molecular formula is C30H30NOSi+. The van der Waals surface area contributed by atoms with Crippen molar-refractivity contribution in [1.82, 2.24) is 0 Å². The summed E-state index contributed by atoms with van der Waals surface area (Å²) >= 11 is 0. The third-order valence-corrected chi connectivity index (χ3v) is 9.48. The quantitative estimate of drug-likeness (QED) is 0.147. The van der Waals surface area contributed by atoms with E-state index in [-0.39, 0.29) is 0 Å². The topological polar surface area (TPSA) is 13.1 Å². The van der Waals surface area contributed by atoms with Crippen LogP contribution in [-0.4, -0.2) is 8.07 Å². The molecule has 0 radical (unpaired) electrons. The van der Waals surface area contributed by atoms with E-state index in [0.717, 1.165) is 11.5 Å². The number of aromatic nitrogens is 1. The van der Waals surface area contributed by atoms with E-state index in [9.17, 15) is 0 Å². The lowest BCUT2D eigenvalue weighted by molar-refractivity contribution is -0.659. The highest BCUT2D eigenvalue weighted by Gasteiger charge is 2.32. The summed E-state index contributed by atoms with van der Waals surface area (Å²) in [5.41, 5.74) is 6.27. The van der Waals surface area contributed by atoms with Crippen LogP contribution in [0.15, 0.2) is 54.7 Å². The molecule has 0 aliphatic carbocycles. The van der Waals surface area contributed by atoms with Crippen molar-refractivity contribution in [2.45, 2.75) is 40.4 Å². The Morgan fingerprint density at radius 1 is 0.758 bits per heavy atom. The van der Waals surface area contributed by atoms with Crippen LogP contribution in [0.1, 0.15) is 16.7 Å². The van der Waals surface area contributed by atoms with E-state index in [0.29, 0.717) is 0 Å². The van der Waals surface area contributed by atoms with Gasteiger partial charge in [-0.1, -0.05) is 66.8 Å². The third kappa shape index (κ3) is 2.82. The first kappa shape index (κ1) is 20.4. The highest BCUT2D eigenvalue weighted by molar-refractivity contribution is 6.88. The van der Waals surface area contributed by atoms with Crippen LogP contribution in [0, 0.1) is 20.8 Å². The van der Waals surface area contributed by atoms with Crippen molar-refractivity contribution in [2.75, 3.05) is 0 Å². The second-order valence-electron chi connectivity index (χ2n) is 10.7. The molecule has 0 bridgehead atoms. The predicted octanol–water partition coefficient (Wildman–Crippen LogP) is 7.21. The van der Waals surface area contributed by atoms with Crippen LogP contribution in [0.3, 0.4) is 0 Å². The lowest BCUT2D eigenvalue weighted by Crippen LogP contribution is -2.37. The lowest BCUT2D eigenvalue weighted by atomic mass is 9.88. The number of fused-ring (bicyclic) bond motifs is 5. The number of ether oxygens (including phenoxy) is 1. The molecule has 4 aromatic carbocycles. The van der Waals surface area contributed by atoms with Gasteiger partial charge in [0.25, 0.3) is 0 Å². The number of hydrogen-bond acceptors (Lipinski definition) is 1. The molecule has 0 fully saturated rings. The van der Waals surface area contributed by atoms with Gasteiger partial charge in [-0.05, 0) is 53.9 Å². The molecule has 164 valence electrons. The van der Waals surface area contributed by atoms with Gasteiger partial charge in [-0.15, -0.1) is 0 Å². The van der Waals surface area contributed by atoms with Gasteiger partial charge in [0.1, 0.15) is 18.5 Å². The van der Waals surface area contributed by atoms with Gasteiger partial charge in [0.2, 0.25) is 5.69 Å². The van der Waals surface area contributed by atoms with Crippen molar-refractivity contribution in [1.29, 1.82) is 0 Å². The van der Waals surface area contributed by atoms with Gasteiger partial charge in [-0.25, -0.2) is 4.57 Å². The van der Waals surface area contributed by atoms with Crippen molar-refractivity contribution in [2.24, 2.45) is 7.05 Å². The molecule has 1 aliphatic rings. The van der Waals surface area contributed by atoms with E-state index in [1.807, 2.05) is 0 Å². The van der Waals surface area contributed by atoms with Crippen molar-refractivity contribution in [3.63, 3.8) is 0 Å². The first-order valence-electron chi connectivity index (χ1n) is 11.8. The summed E-state index contributed by atoms with van der Waals surface area (Å²) in [6.45, 7) is 13.8. The summed E-state index contributed by atoms with van der Waals surface area (Å²) in [5.74, 6) is 1.97. The Morgan fingerprint density at radius 3 is 2.27 bits per heavy atom. The number of pyridine rings is 1. The van der Waals surface area contributed by atoms with Gasteiger partial charge >= 0.3 is 0 Å². The summed E-state index contributed by atoms with van der Waals surface area (Å²) in [5, 5.41) is 9.13. The predicted molar refractivity (Wildman–Crippen MR) is 143 cm³/mol. The van der Waals surface area contributed by atoms with E-state index >= 15 is 0 Å². The van der Waals surface area contributed by atoms with E-state index in [1.54, 1.807) is 0 Å². The molecule has 0 spiro atoms. The molecule has 0 saturated heterocycles. The average Bonchev–Trinajstić information content (AvgIpc) is 2.77. The monoisotopic (exact) mass is 448 g/mol. The second kappa shape index (κ2) is 6.68. The number of aryl methyl sites for hydroxylation is 4. The Balaban J connectivity index is 1.78. The molecule has 33 heavy (non-hydrogen) atoms. The van der Waals surface area contributed by atoms with Crippen LogP contribution in [0.5, 0.6) is 11.5 Å². The maximum Gasteiger partial charge on any atom is 0.228 e. The number of nitrogens with zero attached hydrogens (tertiary/aromatic N) is 1. The Labute approximate surface area is 196 Å². The Bertz CT molecular complexity index is 1660. The van der Waals surface area contributed by atoms with Gasteiger partial charge in [0.15, 0.2) is 6.20 Å². The van der Waals surface area contributed by atoms with Crippen LogP contribution >= 0.6 is 0 Å². The summed E-state index contributed by atoms with van der Waals surface area (Å²) in [7, 11) is 0.748. The van der Waals surface area contributed by atoms with Gasteiger partial charge < -0.3 is 4.74 Å². The fourth-order valence-corrected chi connectivity index (χ4v) is 6.72. The van der Waals surface area contributed by atoms with Gasteiger partial charge in [-0.3, -0.25) is 0 Å². The molecule has 0 N–H and O–H groups in total. The van der Waals surface area contributed by atoms with Gasteiger partial charge in [0.05, 0.1) is 19.0 Å². The van der Waals surface area contributed by atoms with Crippen LogP contribution in [0.2, 0.25) is 19.6 Å². The van der Waals surface area contributed by atoms with Gasteiger partial charge in [-0.2, -0.15) is 0 Å². The molecule has 6 rings (SSSR count). The van der Waals surface area contributed by atoms with E-state index in [4.69, 9.17) is 4.74 Å². The zero-order chi connectivity index (χ0) is 23.2. The first-order valence-corrected chi connectivity index (χ1v) is 15.3. The van der Waals surface area contributed by atoms with E-state index in [1.165, 1.54) is 65.5 Å². The van der Waals surface area contributed by atoms with Crippen LogP contribution in [-0.2, 0) is 7.05 Å². The molecule has 0 unspecified atom stereocenters.